The number of benzene rings is 3. The zero-order valence-corrected chi connectivity index (χ0v) is 16.2. The van der Waals surface area contributed by atoms with Crippen LogP contribution >= 0.6 is 0 Å². The van der Waals surface area contributed by atoms with Gasteiger partial charge in [-0.15, -0.1) is 0 Å². The fraction of sp³-hybridized carbons (Fsp3) is 0.0769. The molecule has 0 saturated heterocycles. The third-order valence-electron chi connectivity index (χ3n) is 4.69. The van der Waals surface area contributed by atoms with Crippen molar-refractivity contribution in [2.45, 2.75) is 6.92 Å². The topological polar surface area (TPSA) is 39.2 Å². The molecule has 1 aromatic heterocycles. The lowest BCUT2D eigenvalue weighted by atomic mass is 10.0. The summed E-state index contributed by atoms with van der Waals surface area (Å²) in [6, 6.07) is 31.9. The molecule has 3 nitrogen and oxygen atoms in total. The van der Waals surface area contributed by atoms with E-state index in [1.807, 2.05) is 60.7 Å². The van der Waals surface area contributed by atoms with Crippen LogP contribution < -0.4 is 0 Å². The Morgan fingerprint density at radius 1 is 0.690 bits per heavy atom. The highest BCUT2D eigenvalue weighted by atomic mass is 16.5. The first-order valence-electron chi connectivity index (χ1n) is 9.65. The fourth-order valence-electron chi connectivity index (χ4n) is 3.23. The van der Waals surface area contributed by atoms with Crippen molar-refractivity contribution in [3.05, 3.63) is 103 Å². The molecule has 0 atom stereocenters. The molecule has 1 heterocycles. The maximum Gasteiger partial charge on any atom is 0.338 e. The minimum atomic E-state index is -0.339. The highest BCUT2D eigenvalue weighted by molar-refractivity contribution is 5.92. The van der Waals surface area contributed by atoms with Crippen molar-refractivity contribution in [2.75, 3.05) is 6.61 Å². The summed E-state index contributed by atoms with van der Waals surface area (Å²) in [5.41, 5.74) is 6.21. The van der Waals surface area contributed by atoms with Gasteiger partial charge in [-0.2, -0.15) is 0 Å². The van der Waals surface area contributed by atoms with Crippen LogP contribution in [0.5, 0.6) is 0 Å². The van der Waals surface area contributed by atoms with Gasteiger partial charge in [0.2, 0.25) is 0 Å². The van der Waals surface area contributed by atoms with Crippen molar-refractivity contribution in [1.29, 1.82) is 0 Å². The minimum absolute atomic E-state index is 0.336. The summed E-state index contributed by atoms with van der Waals surface area (Å²) in [5.74, 6) is -0.339. The van der Waals surface area contributed by atoms with Crippen LogP contribution in [-0.4, -0.2) is 17.6 Å². The number of esters is 1. The molecule has 4 aromatic rings. The number of rotatable bonds is 5. The van der Waals surface area contributed by atoms with Crippen molar-refractivity contribution in [3.63, 3.8) is 0 Å². The van der Waals surface area contributed by atoms with Gasteiger partial charge in [-0.1, -0.05) is 84.9 Å². The SMILES string of the molecule is CCOC(=O)c1cc(-c2ccccc2)nc(-c2ccc(-c3ccccc3)cc2)c1. The first-order chi connectivity index (χ1) is 14.2. The summed E-state index contributed by atoms with van der Waals surface area (Å²) < 4.78 is 5.22. The molecule has 0 saturated carbocycles. The number of hydrogen-bond acceptors (Lipinski definition) is 3. The van der Waals surface area contributed by atoms with Gasteiger partial charge >= 0.3 is 5.97 Å². The van der Waals surface area contributed by atoms with Gasteiger partial charge < -0.3 is 4.74 Å². The van der Waals surface area contributed by atoms with E-state index < -0.39 is 0 Å². The minimum Gasteiger partial charge on any atom is -0.462 e. The molecule has 3 aromatic carbocycles. The second kappa shape index (κ2) is 8.53. The summed E-state index contributed by atoms with van der Waals surface area (Å²) in [7, 11) is 0. The maximum atomic E-state index is 12.4. The molecule has 142 valence electrons. The van der Waals surface area contributed by atoms with Gasteiger partial charge in [-0.25, -0.2) is 9.78 Å². The molecular formula is C26H21NO2. The Hall–Kier alpha value is -3.72. The van der Waals surface area contributed by atoms with Gasteiger partial charge in [-0.05, 0) is 30.2 Å². The van der Waals surface area contributed by atoms with Crippen molar-refractivity contribution in [3.8, 4) is 33.6 Å². The van der Waals surface area contributed by atoms with E-state index in [-0.39, 0.29) is 5.97 Å². The Morgan fingerprint density at radius 2 is 1.14 bits per heavy atom. The Kier molecular flexibility index (Phi) is 5.48. The summed E-state index contributed by atoms with van der Waals surface area (Å²) in [6.07, 6.45) is 0. The molecule has 0 aliphatic carbocycles. The molecule has 3 heteroatoms. The lowest BCUT2D eigenvalue weighted by Gasteiger charge is -2.10. The van der Waals surface area contributed by atoms with E-state index in [4.69, 9.17) is 9.72 Å². The van der Waals surface area contributed by atoms with E-state index in [0.29, 0.717) is 12.2 Å². The third kappa shape index (κ3) is 4.25. The predicted octanol–water partition coefficient (Wildman–Crippen LogP) is 6.26. The van der Waals surface area contributed by atoms with Crippen molar-refractivity contribution in [2.24, 2.45) is 0 Å². The molecular weight excluding hydrogens is 358 g/mol. The van der Waals surface area contributed by atoms with Crippen LogP contribution in [0.4, 0.5) is 0 Å². The summed E-state index contributed by atoms with van der Waals surface area (Å²) in [4.78, 5) is 17.2. The zero-order chi connectivity index (χ0) is 20.1. The molecule has 0 amide bonds. The number of carbonyl (C=O) groups excluding carboxylic acids is 1. The lowest BCUT2D eigenvalue weighted by molar-refractivity contribution is 0.0526. The molecule has 0 spiro atoms. The van der Waals surface area contributed by atoms with E-state index in [1.54, 1.807) is 19.1 Å². The lowest BCUT2D eigenvalue weighted by Crippen LogP contribution is -2.06. The molecule has 0 radical (unpaired) electrons. The Balaban J connectivity index is 1.76. The maximum absolute atomic E-state index is 12.4. The van der Waals surface area contributed by atoms with E-state index in [2.05, 4.69) is 24.3 Å². The normalized spacial score (nSPS) is 10.5. The van der Waals surface area contributed by atoms with Crippen LogP contribution in [0, 0.1) is 0 Å². The van der Waals surface area contributed by atoms with Crippen LogP contribution in [-0.2, 0) is 4.74 Å². The van der Waals surface area contributed by atoms with Gasteiger partial charge in [0.15, 0.2) is 0 Å². The fourth-order valence-corrected chi connectivity index (χ4v) is 3.23. The Morgan fingerprint density at radius 3 is 1.69 bits per heavy atom. The molecule has 0 unspecified atom stereocenters. The van der Waals surface area contributed by atoms with Crippen LogP contribution in [0.3, 0.4) is 0 Å². The first kappa shape index (κ1) is 18.6. The first-order valence-corrected chi connectivity index (χ1v) is 9.65. The van der Waals surface area contributed by atoms with Gasteiger partial charge in [0.05, 0.1) is 23.6 Å². The number of hydrogen-bond donors (Lipinski definition) is 0. The number of carbonyl (C=O) groups is 1. The summed E-state index contributed by atoms with van der Waals surface area (Å²) in [5, 5.41) is 0. The van der Waals surface area contributed by atoms with E-state index in [9.17, 15) is 4.79 Å². The molecule has 0 N–H and O–H groups in total. The van der Waals surface area contributed by atoms with Gasteiger partial charge in [0.1, 0.15) is 0 Å². The number of ether oxygens (including phenoxy) is 1. The molecule has 29 heavy (non-hydrogen) atoms. The van der Waals surface area contributed by atoms with Gasteiger partial charge in [-0.3, -0.25) is 0 Å². The van der Waals surface area contributed by atoms with Crippen molar-refractivity contribution < 1.29 is 9.53 Å². The number of pyridine rings is 1. The van der Waals surface area contributed by atoms with Crippen molar-refractivity contribution >= 4 is 5.97 Å². The average molecular weight is 379 g/mol. The van der Waals surface area contributed by atoms with Crippen LogP contribution in [0.1, 0.15) is 17.3 Å². The van der Waals surface area contributed by atoms with Crippen LogP contribution in [0.25, 0.3) is 33.6 Å². The second-order valence-corrected chi connectivity index (χ2v) is 6.66. The smallest absolute Gasteiger partial charge is 0.338 e. The molecule has 0 bridgehead atoms. The second-order valence-electron chi connectivity index (χ2n) is 6.66. The van der Waals surface area contributed by atoms with Gasteiger partial charge in [0, 0.05) is 11.1 Å². The standard InChI is InChI=1S/C26H21NO2/c1-2-29-26(28)23-17-24(21-11-7-4-8-12-21)27-25(18-23)22-15-13-20(14-16-22)19-9-5-3-6-10-19/h3-18H,2H2,1H3. The Labute approximate surface area is 170 Å². The van der Waals surface area contributed by atoms with E-state index >= 15 is 0 Å². The van der Waals surface area contributed by atoms with Crippen molar-refractivity contribution in [1.82, 2.24) is 4.98 Å². The molecule has 0 aliphatic heterocycles. The van der Waals surface area contributed by atoms with E-state index in [1.165, 1.54) is 0 Å². The average Bonchev–Trinajstić information content (AvgIpc) is 2.80. The highest BCUT2D eigenvalue weighted by Crippen LogP contribution is 2.27. The third-order valence-corrected chi connectivity index (χ3v) is 4.69. The van der Waals surface area contributed by atoms with Gasteiger partial charge in [0.25, 0.3) is 0 Å². The molecule has 4 rings (SSSR count). The summed E-state index contributed by atoms with van der Waals surface area (Å²) >= 11 is 0. The highest BCUT2D eigenvalue weighted by Gasteiger charge is 2.13. The predicted molar refractivity (Wildman–Crippen MR) is 117 cm³/mol. The monoisotopic (exact) mass is 379 g/mol. The number of nitrogens with zero attached hydrogens (tertiary/aromatic N) is 1. The summed E-state index contributed by atoms with van der Waals surface area (Å²) in [6.45, 7) is 2.14. The van der Waals surface area contributed by atoms with Crippen LogP contribution in [0.15, 0.2) is 97.1 Å². The molecule has 0 fully saturated rings. The largest absolute Gasteiger partial charge is 0.462 e. The zero-order valence-electron chi connectivity index (χ0n) is 16.2. The van der Waals surface area contributed by atoms with Crippen LogP contribution in [0.2, 0.25) is 0 Å². The Bertz CT molecular complexity index is 1100. The quantitative estimate of drug-likeness (QED) is 0.384. The molecule has 0 aliphatic rings. The van der Waals surface area contributed by atoms with E-state index in [0.717, 1.165) is 33.6 Å². The number of aromatic nitrogens is 1.